The lowest BCUT2D eigenvalue weighted by molar-refractivity contribution is 0.414. The Morgan fingerprint density at radius 1 is 0.447 bits per heavy atom. The summed E-state index contributed by atoms with van der Waals surface area (Å²) in [4.78, 5) is 4.58. The van der Waals surface area contributed by atoms with Gasteiger partial charge in [0, 0.05) is 47.0 Å². The average molecular weight is 499 g/mol. The Hall–Kier alpha value is -4.70. The third kappa shape index (κ3) is 3.95. The molecule has 0 aliphatic heterocycles. The number of anilines is 4. The van der Waals surface area contributed by atoms with E-state index < -0.39 is 0 Å². The molecular formula is C34H30N2O2. The van der Waals surface area contributed by atoms with E-state index in [1.54, 1.807) is 14.2 Å². The van der Waals surface area contributed by atoms with E-state index in [1.165, 1.54) is 43.7 Å². The van der Waals surface area contributed by atoms with Gasteiger partial charge in [-0.15, -0.1) is 0 Å². The highest BCUT2D eigenvalue weighted by atomic mass is 16.5. The summed E-state index contributed by atoms with van der Waals surface area (Å²) in [6.45, 7) is 0. The fourth-order valence-corrected chi connectivity index (χ4v) is 5.41. The number of ether oxygens (including phenoxy) is 2. The molecule has 0 bridgehead atoms. The van der Waals surface area contributed by atoms with Crippen molar-refractivity contribution in [3.63, 3.8) is 0 Å². The number of hydrogen-bond donors (Lipinski definition) is 0. The first-order chi connectivity index (χ1) is 18.6. The molecular weight excluding hydrogens is 468 g/mol. The maximum atomic E-state index is 5.41. The summed E-state index contributed by atoms with van der Waals surface area (Å²) in [6, 6.07) is 38.4. The molecule has 38 heavy (non-hydrogen) atoms. The first kappa shape index (κ1) is 23.7. The van der Waals surface area contributed by atoms with Gasteiger partial charge in [-0.3, -0.25) is 0 Å². The highest BCUT2D eigenvalue weighted by Gasteiger charge is 2.21. The van der Waals surface area contributed by atoms with E-state index in [0.717, 1.165) is 22.9 Å². The van der Waals surface area contributed by atoms with Crippen molar-refractivity contribution >= 4 is 55.1 Å². The number of nitrogens with zero attached hydrogens (tertiary/aromatic N) is 2. The lowest BCUT2D eigenvalue weighted by Crippen LogP contribution is -2.14. The van der Waals surface area contributed by atoms with E-state index in [-0.39, 0.29) is 0 Å². The molecule has 0 heterocycles. The molecule has 0 aliphatic carbocycles. The molecule has 0 aliphatic rings. The van der Waals surface area contributed by atoms with Crippen molar-refractivity contribution in [1.82, 2.24) is 0 Å². The topological polar surface area (TPSA) is 24.9 Å². The summed E-state index contributed by atoms with van der Waals surface area (Å²) >= 11 is 0. The van der Waals surface area contributed by atoms with Crippen molar-refractivity contribution in [2.45, 2.75) is 0 Å². The molecule has 0 N–H and O–H groups in total. The van der Waals surface area contributed by atoms with Crippen molar-refractivity contribution in [2.75, 3.05) is 38.1 Å². The van der Waals surface area contributed by atoms with Crippen LogP contribution in [0.4, 0.5) is 22.7 Å². The summed E-state index contributed by atoms with van der Waals surface area (Å²) in [7, 11) is 7.68. The Bertz CT molecular complexity index is 1630. The molecule has 4 heteroatoms. The molecule has 0 unspecified atom stereocenters. The minimum Gasteiger partial charge on any atom is -0.497 e. The van der Waals surface area contributed by atoms with Crippen LogP contribution in [-0.2, 0) is 0 Å². The summed E-state index contributed by atoms with van der Waals surface area (Å²) in [5.41, 5.74) is 4.56. The second kappa shape index (κ2) is 9.64. The van der Waals surface area contributed by atoms with Gasteiger partial charge in [-0.2, -0.15) is 0 Å². The van der Waals surface area contributed by atoms with Crippen LogP contribution in [0, 0.1) is 0 Å². The molecule has 0 spiro atoms. The Labute approximate surface area is 223 Å². The number of fused-ring (bicyclic) bond motifs is 3. The highest BCUT2D eigenvalue weighted by Crippen LogP contribution is 2.47. The van der Waals surface area contributed by atoms with E-state index in [9.17, 15) is 0 Å². The van der Waals surface area contributed by atoms with Gasteiger partial charge in [0.2, 0.25) is 0 Å². The van der Waals surface area contributed by atoms with Crippen LogP contribution in [0.1, 0.15) is 0 Å². The first-order valence-electron chi connectivity index (χ1n) is 12.7. The monoisotopic (exact) mass is 498 g/mol. The maximum Gasteiger partial charge on any atom is 0.119 e. The molecule has 6 aromatic carbocycles. The second-order valence-corrected chi connectivity index (χ2v) is 9.50. The van der Waals surface area contributed by atoms with Crippen LogP contribution < -0.4 is 19.3 Å². The Kier molecular flexibility index (Phi) is 6.01. The fourth-order valence-electron chi connectivity index (χ4n) is 5.41. The zero-order valence-corrected chi connectivity index (χ0v) is 22.1. The van der Waals surface area contributed by atoms with Crippen LogP contribution in [0.15, 0.2) is 109 Å². The quantitative estimate of drug-likeness (QED) is 0.169. The molecule has 4 nitrogen and oxygen atoms in total. The number of benzene rings is 6. The van der Waals surface area contributed by atoms with E-state index in [4.69, 9.17) is 9.47 Å². The zero-order chi connectivity index (χ0) is 26.2. The largest absolute Gasteiger partial charge is 0.497 e. The van der Waals surface area contributed by atoms with Crippen LogP contribution in [0.5, 0.6) is 11.5 Å². The summed E-state index contributed by atoms with van der Waals surface area (Å²) in [6.07, 6.45) is 0. The summed E-state index contributed by atoms with van der Waals surface area (Å²) in [5.74, 6) is 1.69. The molecule has 0 atom stereocenters. The average Bonchev–Trinajstić information content (AvgIpc) is 2.98. The van der Waals surface area contributed by atoms with Gasteiger partial charge < -0.3 is 19.3 Å². The summed E-state index contributed by atoms with van der Waals surface area (Å²) < 4.78 is 10.8. The van der Waals surface area contributed by atoms with Crippen molar-refractivity contribution < 1.29 is 9.47 Å². The second-order valence-electron chi connectivity index (χ2n) is 9.50. The van der Waals surface area contributed by atoms with Crippen molar-refractivity contribution in [3.8, 4) is 11.5 Å². The number of hydrogen-bond acceptors (Lipinski definition) is 4. The molecule has 0 fully saturated rings. The number of rotatable bonds is 6. The van der Waals surface area contributed by atoms with Gasteiger partial charge in [0.15, 0.2) is 0 Å². The molecule has 6 aromatic rings. The van der Waals surface area contributed by atoms with E-state index in [2.05, 4.69) is 109 Å². The Morgan fingerprint density at radius 2 is 0.816 bits per heavy atom. The smallest absolute Gasteiger partial charge is 0.119 e. The first-order valence-corrected chi connectivity index (χ1v) is 12.7. The molecule has 0 aromatic heterocycles. The Morgan fingerprint density at radius 3 is 1.18 bits per heavy atom. The van der Waals surface area contributed by atoms with Crippen molar-refractivity contribution in [2.24, 2.45) is 0 Å². The van der Waals surface area contributed by atoms with Crippen molar-refractivity contribution in [3.05, 3.63) is 109 Å². The van der Waals surface area contributed by atoms with E-state index in [1.807, 2.05) is 24.3 Å². The predicted octanol–water partition coefficient (Wildman–Crippen LogP) is 8.70. The minimum absolute atomic E-state index is 0.847. The van der Waals surface area contributed by atoms with Gasteiger partial charge in [0.1, 0.15) is 11.5 Å². The zero-order valence-electron chi connectivity index (χ0n) is 22.1. The predicted molar refractivity (Wildman–Crippen MR) is 161 cm³/mol. The van der Waals surface area contributed by atoms with Crippen molar-refractivity contribution in [1.29, 1.82) is 0 Å². The van der Waals surface area contributed by atoms with Crippen LogP contribution in [0.25, 0.3) is 32.3 Å². The Balaban J connectivity index is 1.68. The van der Waals surface area contributed by atoms with Gasteiger partial charge in [-0.1, -0.05) is 48.5 Å². The molecule has 6 rings (SSSR count). The lowest BCUT2D eigenvalue weighted by Gasteiger charge is -2.29. The number of methoxy groups -OCH3 is 2. The molecule has 188 valence electrons. The maximum absolute atomic E-state index is 5.41. The van der Waals surface area contributed by atoms with E-state index >= 15 is 0 Å². The van der Waals surface area contributed by atoms with Crippen LogP contribution >= 0.6 is 0 Å². The minimum atomic E-state index is 0.847. The molecule has 0 saturated carbocycles. The van der Waals surface area contributed by atoms with E-state index in [0.29, 0.717) is 0 Å². The van der Waals surface area contributed by atoms with Gasteiger partial charge in [0.05, 0.1) is 25.6 Å². The van der Waals surface area contributed by atoms with Crippen LogP contribution in [0.2, 0.25) is 0 Å². The SMILES string of the molecule is COc1ccc(N(C)c2c3ccccc3c(N(C)c3ccc(OC)cc3)c3cc4ccccc4cc23)cc1. The lowest BCUT2D eigenvalue weighted by atomic mass is 9.94. The highest BCUT2D eigenvalue weighted by molar-refractivity contribution is 6.23. The molecule has 0 amide bonds. The fraction of sp³-hybridized carbons (Fsp3) is 0.118. The van der Waals surface area contributed by atoms with Crippen LogP contribution in [0.3, 0.4) is 0 Å². The van der Waals surface area contributed by atoms with Gasteiger partial charge in [-0.25, -0.2) is 0 Å². The third-order valence-electron chi connectivity index (χ3n) is 7.42. The van der Waals surface area contributed by atoms with Crippen LogP contribution in [-0.4, -0.2) is 28.3 Å². The normalized spacial score (nSPS) is 11.2. The standard InChI is InChI=1S/C34H30N2O2/c1-35(25-13-17-27(37-3)18-14-25)33-29-11-7-8-12-30(29)34(36(2)26-15-19-28(38-4)20-16-26)32-22-24-10-6-5-9-23(24)21-31(32)33/h5-22H,1-4H3. The summed E-state index contributed by atoms with van der Waals surface area (Å²) in [5, 5.41) is 7.25. The van der Waals surface area contributed by atoms with Gasteiger partial charge in [0.25, 0.3) is 0 Å². The van der Waals surface area contributed by atoms with Gasteiger partial charge >= 0.3 is 0 Å². The molecule has 0 saturated heterocycles. The molecule has 0 radical (unpaired) electrons. The van der Waals surface area contributed by atoms with Gasteiger partial charge in [-0.05, 0) is 71.4 Å². The third-order valence-corrected chi connectivity index (χ3v) is 7.42.